The molecule has 1 aliphatic heterocycles. The molecule has 0 amide bonds. The minimum atomic E-state index is -0.0835. The Balaban J connectivity index is 1.67. The Kier molecular flexibility index (Phi) is 3.45. The lowest BCUT2D eigenvalue weighted by Crippen LogP contribution is -2.22. The molecule has 0 saturated carbocycles. The molecular weight excluding hydrogens is 254 g/mol. The fraction of sp³-hybridized carbons (Fsp3) is 0.500. The van der Waals surface area contributed by atoms with Crippen LogP contribution in [-0.2, 0) is 16.1 Å². The van der Waals surface area contributed by atoms with Crippen LogP contribution in [0.15, 0.2) is 12.1 Å². The van der Waals surface area contributed by atoms with Gasteiger partial charge in [-0.25, -0.2) is 0 Å². The zero-order valence-electron chi connectivity index (χ0n) is 9.86. The largest absolute Gasteiger partial charge is 0.355 e. The maximum absolute atomic E-state index is 5.78. The molecule has 18 heavy (non-hydrogen) atoms. The number of rotatable bonds is 3. The van der Waals surface area contributed by atoms with Gasteiger partial charge >= 0.3 is 0 Å². The fourth-order valence-electron chi connectivity index (χ4n) is 2.06. The summed E-state index contributed by atoms with van der Waals surface area (Å²) < 4.78 is 11.2. The molecule has 0 spiro atoms. The molecule has 5 nitrogen and oxygen atoms in total. The van der Waals surface area contributed by atoms with E-state index in [0.29, 0.717) is 11.8 Å². The highest BCUT2D eigenvalue weighted by Gasteiger charge is 2.14. The van der Waals surface area contributed by atoms with E-state index in [9.17, 15) is 0 Å². The van der Waals surface area contributed by atoms with Crippen LogP contribution < -0.4 is 0 Å². The minimum absolute atomic E-state index is 0.0835. The summed E-state index contributed by atoms with van der Waals surface area (Å²) in [6.07, 6.45) is 3.17. The zero-order valence-corrected chi connectivity index (χ0v) is 10.6. The number of aromatic amines is 1. The van der Waals surface area contributed by atoms with Crippen LogP contribution in [0.5, 0.6) is 0 Å². The SMILES string of the molecule is Clc1cc2[nH]c(COC3CCCCO3)cc2nn1. The van der Waals surface area contributed by atoms with E-state index in [0.717, 1.165) is 36.2 Å². The number of nitrogens with one attached hydrogen (secondary N) is 1. The van der Waals surface area contributed by atoms with Crippen LogP contribution in [0.3, 0.4) is 0 Å². The van der Waals surface area contributed by atoms with Crippen molar-refractivity contribution in [2.45, 2.75) is 32.2 Å². The molecule has 3 heterocycles. The second kappa shape index (κ2) is 5.22. The van der Waals surface area contributed by atoms with Crippen molar-refractivity contribution in [2.24, 2.45) is 0 Å². The standard InChI is InChI=1S/C12H14ClN3O2/c13-11-6-9-10(15-16-11)5-8(14-9)7-18-12-3-1-2-4-17-12/h5-6,12,14H,1-4,7H2. The lowest BCUT2D eigenvalue weighted by Gasteiger charge is -2.22. The Labute approximate surface area is 109 Å². The molecule has 1 atom stereocenters. The number of fused-ring (bicyclic) bond motifs is 1. The summed E-state index contributed by atoms with van der Waals surface area (Å²) in [6.45, 7) is 1.27. The van der Waals surface area contributed by atoms with E-state index in [1.165, 1.54) is 6.42 Å². The average Bonchev–Trinajstić information content (AvgIpc) is 2.79. The number of nitrogens with zero attached hydrogens (tertiary/aromatic N) is 2. The Morgan fingerprint density at radius 2 is 2.33 bits per heavy atom. The minimum Gasteiger partial charge on any atom is -0.355 e. The second-order valence-electron chi connectivity index (χ2n) is 4.37. The van der Waals surface area contributed by atoms with Gasteiger partial charge in [0.15, 0.2) is 11.4 Å². The Morgan fingerprint density at radius 1 is 1.39 bits per heavy atom. The lowest BCUT2D eigenvalue weighted by atomic mass is 10.2. The molecule has 6 heteroatoms. The molecule has 0 bridgehead atoms. The molecule has 2 aromatic heterocycles. The Hall–Kier alpha value is -1.17. The monoisotopic (exact) mass is 267 g/mol. The van der Waals surface area contributed by atoms with Crippen molar-refractivity contribution < 1.29 is 9.47 Å². The zero-order chi connectivity index (χ0) is 12.4. The summed E-state index contributed by atoms with van der Waals surface area (Å²) >= 11 is 5.78. The van der Waals surface area contributed by atoms with Crippen LogP contribution >= 0.6 is 11.6 Å². The van der Waals surface area contributed by atoms with E-state index in [-0.39, 0.29) is 6.29 Å². The molecule has 0 aromatic carbocycles. The van der Waals surface area contributed by atoms with Crippen molar-refractivity contribution in [3.05, 3.63) is 23.0 Å². The fourth-order valence-corrected chi connectivity index (χ4v) is 2.21. The van der Waals surface area contributed by atoms with Gasteiger partial charge in [-0.1, -0.05) is 11.6 Å². The quantitative estimate of drug-likeness (QED) is 0.929. The van der Waals surface area contributed by atoms with Gasteiger partial charge in [0.2, 0.25) is 0 Å². The predicted octanol–water partition coefficient (Wildman–Crippen LogP) is 2.65. The van der Waals surface area contributed by atoms with Crippen LogP contribution in [0.25, 0.3) is 11.0 Å². The normalized spacial score (nSPS) is 20.4. The first-order chi connectivity index (χ1) is 8.81. The molecule has 0 aliphatic carbocycles. The van der Waals surface area contributed by atoms with Crippen molar-refractivity contribution in [3.63, 3.8) is 0 Å². The first kappa shape index (κ1) is 11.9. The molecule has 1 aliphatic rings. The number of H-pyrrole nitrogens is 1. The van der Waals surface area contributed by atoms with Gasteiger partial charge in [0.05, 0.1) is 12.1 Å². The predicted molar refractivity (Wildman–Crippen MR) is 67.3 cm³/mol. The van der Waals surface area contributed by atoms with E-state index < -0.39 is 0 Å². The van der Waals surface area contributed by atoms with Crippen LogP contribution in [0, 0.1) is 0 Å². The van der Waals surface area contributed by atoms with E-state index >= 15 is 0 Å². The average molecular weight is 268 g/mol. The van der Waals surface area contributed by atoms with Crippen molar-refractivity contribution in [3.8, 4) is 0 Å². The maximum Gasteiger partial charge on any atom is 0.158 e. The van der Waals surface area contributed by atoms with E-state index in [2.05, 4.69) is 15.2 Å². The van der Waals surface area contributed by atoms with Crippen molar-refractivity contribution in [1.29, 1.82) is 0 Å². The van der Waals surface area contributed by atoms with Gasteiger partial charge in [0.1, 0.15) is 5.52 Å². The van der Waals surface area contributed by atoms with Crippen LogP contribution in [0.2, 0.25) is 5.15 Å². The number of halogens is 1. The highest BCUT2D eigenvalue weighted by molar-refractivity contribution is 6.29. The molecule has 1 saturated heterocycles. The molecule has 3 rings (SSSR count). The summed E-state index contributed by atoms with van der Waals surface area (Å²) in [7, 11) is 0. The molecule has 96 valence electrons. The lowest BCUT2D eigenvalue weighted by molar-refractivity contribution is -0.169. The van der Waals surface area contributed by atoms with Gasteiger partial charge in [-0.2, -0.15) is 0 Å². The highest BCUT2D eigenvalue weighted by Crippen LogP contribution is 2.18. The van der Waals surface area contributed by atoms with Gasteiger partial charge in [-0.05, 0) is 25.3 Å². The van der Waals surface area contributed by atoms with Crippen LogP contribution in [-0.4, -0.2) is 28.1 Å². The summed E-state index contributed by atoms with van der Waals surface area (Å²) in [6, 6.07) is 3.67. The molecule has 0 radical (unpaired) electrons. The van der Waals surface area contributed by atoms with Crippen molar-refractivity contribution >= 4 is 22.6 Å². The topological polar surface area (TPSA) is 60.0 Å². The Morgan fingerprint density at radius 3 is 3.17 bits per heavy atom. The molecule has 2 aromatic rings. The number of ether oxygens (including phenoxy) is 2. The van der Waals surface area contributed by atoms with E-state index in [1.807, 2.05) is 6.07 Å². The highest BCUT2D eigenvalue weighted by atomic mass is 35.5. The summed E-state index contributed by atoms with van der Waals surface area (Å²) in [4.78, 5) is 3.21. The van der Waals surface area contributed by atoms with Gasteiger partial charge in [0.25, 0.3) is 0 Å². The van der Waals surface area contributed by atoms with Gasteiger partial charge in [0, 0.05) is 18.4 Å². The maximum atomic E-state index is 5.78. The summed E-state index contributed by atoms with van der Waals surface area (Å²) in [5.74, 6) is 0. The van der Waals surface area contributed by atoms with Crippen LogP contribution in [0.1, 0.15) is 25.0 Å². The third-order valence-electron chi connectivity index (χ3n) is 2.96. The number of hydrogen-bond donors (Lipinski definition) is 1. The van der Waals surface area contributed by atoms with E-state index in [4.69, 9.17) is 21.1 Å². The van der Waals surface area contributed by atoms with Gasteiger partial charge in [-0.15, -0.1) is 10.2 Å². The van der Waals surface area contributed by atoms with Crippen LogP contribution in [0.4, 0.5) is 0 Å². The van der Waals surface area contributed by atoms with Gasteiger partial charge < -0.3 is 14.5 Å². The van der Waals surface area contributed by atoms with Crippen molar-refractivity contribution in [2.75, 3.05) is 6.61 Å². The third kappa shape index (κ3) is 2.63. The molecule has 1 unspecified atom stereocenters. The molecular formula is C12H14ClN3O2. The first-order valence-corrected chi connectivity index (χ1v) is 6.43. The first-order valence-electron chi connectivity index (χ1n) is 6.05. The smallest absolute Gasteiger partial charge is 0.158 e. The van der Waals surface area contributed by atoms with Gasteiger partial charge in [-0.3, -0.25) is 0 Å². The molecule has 1 fully saturated rings. The van der Waals surface area contributed by atoms with E-state index in [1.54, 1.807) is 6.07 Å². The number of aromatic nitrogens is 3. The Bertz CT molecular complexity index is 537. The number of hydrogen-bond acceptors (Lipinski definition) is 4. The van der Waals surface area contributed by atoms with Crippen molar-refractivity contribution in [1.82, 2.24) is 15.2 Å². The third-order valence-corrected chi connectivity index (χ3v) is 3.15. The molecule has 1 N–H and O–H groups in total. The summed E-state index contributed by atoms with van der Waals surface area (Å²) in [5.41, 5.74) is 2.62. The second-order valence-corrected chi connectivity index (χ2v) is 4.75. The summed E-state index contributed by atoms with van der Waals surface area (Å²) in [5, 5.41) is 8.18.